The number of nitrogens with zero attached hydrogens (tertiary/aromatic N) is 1. The number of ether oxygens (including phenoxy) is 1. The zero-order valence-electron chi connectivity index (χ0n) is 12.3. The number of nitrogens with two attached hydrogens (primary N) is 1. The van der Waals surface area contributed by atoms with Gasteiger partial charge in [-0.25, -0.2) is 8.42 Å². The van der Waals surface area contributed by atoms with Crippen LogP contribution >= 0.6 is 0 Å². The predicted octanol–water partition coefficient (Wildman–Crippen LogP) is 1.26. The van der Waals surface area contributed by atoms with Crippen molar-refractivity contribution in [3.8, 4) is 0 Å². The fourth-order valence-corrected chi connectivity index (χ4v) is 2.68. The molecule has 0 saturated carbocycles. The summed E-state index contributed by atoms with van der Waals surface area (Å²) in [4.78, 5) is 0. The summed E-state index contributed by atoms with van der Waals surface area (Å²) < 4.78 is 31.7. The minimum Gasteiger partial charge on any atom is -0.409 e. The van der Waals surface area contributed by atoms with Crippen molar-refractivity contribution < 1.29 is 18.4 Å². The molecule has 21 heavy (non-hydrogen) atoms. The number of hydrogen-bond donors (Lipinski definition) is 3. The molecule has 7 nitrogen and oxygen atoms in total. The highest BCUT2D eigenvalue weighted by Crippen LogP contribution is 2.20. The molecule has 1 aromatic rings. The van der Waals surface area contributed by atoms with Crippen molar-refractivity contribution in [3.05, 3.63) is 29.3 Å². The van der Waals surface area contributed by atoms with Gasteiger partial charge in [0.1, 0.15) is 0 Å². The Labute approximate surface area is 124 Å². The third kappa shape index (κ3) is 5.24. The van der Waals surface area contributed by atoms with Gasteiger partial charge in [-0.3, -0.25) is 4.72 Å². The molecule has 0 aliphatic heterocycles. The SMILES string of the molecule is Cc1cccc(NS(=O)(=O)CCOC(C)C)c1/C(N)=N/O. The van der Waals surface area contributed by atoms with Gasteiger partial charge in [-0.2, -0.15) is 0 Å². The molecule has 0 aliphatic rings. The normalized spacial score (nSPS) is 12.7. The van der Waals surface area contributed by atoms with E-state index in [1.165, 1.54) is 0 Å². The van der Waals surface area contributed by atoms with E-state index in [4.69, 9.17) is 15.7 Å². The Bertz CT molecular complexity index is 612. The smallest absolute Gasteiger partial charge is 0.235 e. The molecule has 118 valence electrons. The van der Waals surface area contributed by atoms with E-state index in [1.807, 2.05) is 13.8 Å². The molecule has 0 bridgehead atoms. The van der Waals surface area contributed by atoms with Gasteiger partial charge in [0, 0.05) is 5.56 Å². The number of nitrogens with one attached hydrogen (secondary N) is 1. The first-order valence-corrected chi connectivity index (χ1v) is 8.11. The summed E-state index contributed by atoms with van der Waals surface area (Å²) >= 11 is 0. The molecule has 0 aromatic heterocycles. The van der Waals surface area contributed by atoms with Gasteiger partial charge in [0.25, 0.3) is 0 Å². The molecule has 4 N–H and O–H groups in total. The Morgan fingerprint density at radius 1 is 1.48 bits per heavy atom. The number of benzene rings is 1. The standard InChI is InChI=1S/C13H21N3O4S/c1-9(2)20-7-8-21(18,19)16-11-6-4-5-10(3)12(11)13(14)15-17/h4-6,9,16-17H,7-8H2,1-3H3,(H2,14,15). The molecule has 1 rings (SSSR count). The molecule has 0 aliphatic carbocycles. The van der Waals surface area contributed by atoms with E-state index in [9.17, 15) is 8.42 Å². The highest BCUT2D eigenvalue weighted by atomic mass is 32.2. The van der Waals surface area contributed by atoms with Crippen LogP contribution in [-0.4, -0.2) is 37.9 Å². The van der Waals surface area contributed by atoms with Gasteiger partial charge < -0.3 is 15.7 Å². The van der Waals surface area contributed by atoms with E-state index in [0.717, 1.165) is 0 Å². The van der Waals surface area contributed by atoms with Crippen LogP contribution in [0.2, 0.25) is 0 Å². The van der Waals surface area contributed by atoms with E-state index in [1.54, 1.807) is 25.1 Å². The molecule has 1 aromatic carbocycles. The zero-order chi connectivity index (χ0) is 16.0. The fraction of sp³-hybridized carbons (Fsp3) is 0.462. The van der Waals surface area contributed by atoms with E-state index in [-0.39, 0.29) is 30.0 Å². The van der Waals surface area contributed by atoms with Gasteiger partial charge in [-0.05, 0) is 32.4 Å². The largest absolute Gasteiger partial charge is 0.409 e. The Kier molecular flexibility index (Phi) is 5.98. The predicted molar refractivity (Wildman–Crippen MR) is 82.2 cm³/mol. The fourth-order valence-electron chi connectivity index (χ4n) is 1.75. The summed E-state index contributed by atoms with van der Waals surface area (Å²) in [7, 11) is -3.58. The van der Waals surface area contributed by atoms with Crippen LogP contribution in [0.25, 0.3) is 0 Å². The molecule has 0 spiro atoms. The maximum atomic E-state index is 12.0. The van der Waals surface area contributed by atoms with E-state index < -0.39 is 10.0 Å². The average Bonchev–Trinajstić information content (AvgIpc) is 2.37. The first-order chi connectivity index (χ1) is 9.76. The van der Waals surface area contributed by atoms with E-state index in [2.05, 4.69) is 9.88 Å². The number of anilines is 1. The van der Waals surface area contributed by atoms with Gasteiger partial charge in [0.05, 0.1) is 24.2 Å². The lowest BCUT2D eigenvalue weighted by atomic mass is 10.1. The van der Waals surface area contributed by atoms with Crippen LogP contribution in [-0.2, 0) is 14.8 Å². The quantitative estimate of drug-likeness (QED) is 0.303. The summed E-state index contributed by atoms with van der Waals surface area (Å²) in [6.07, 6.45) is -0.0353. The minimum absolute atomic E-state index is 0.0353. The Hall–Kier alpha value is -1.80. The highest BCUT2D eigenvalue weighted by molar-refractivity contribution is 7.92. The lowest BCUT2D eigenvalue weighted by molar-refractivity contribution is 0.0913. The van der Waals surface area contributed by atoms with Gasteiger partial charge >= 0.3 is 0 Å². The molecule has 0 radical (unpaired) electrons. The number of aryl methyl sites for hydroxylation is 1. The van der Waals surface area contributed by atoms with E-state index >= 15 is 0 Å². The number of oxime groups is 1. The van der Waals surface area contributed by atoms with Gasteiger partial charge in [0.15, 0.2) is 5.84 Å². The van der Waals surface area contributed by atoms with Crippen molar-refractivity contribution in [1.29, 1.82) is 0 Å². The molecule has 0 fully saturated rings. The van der Waals surface area contributed by atoms with Crippen molar-refractivity contribution in [2.75, 3.05) is 17.1 Å². The minimum atomic E-state index is -3.58. The average molecular weight is 315 g/mol. The molecule has 8 heteroatoms. The van der Waals surface area contributed by atoms with Crippen LogP contribution in [0.15, 0.2) is 23.4 Å². The summed E-state index contributed by atoms with van der Waals surface area (Å²) in [5.41, 5.74) is 6.92. The number of sulfonamides is 1. The molecular weight excluding hydrogens is 294 g/mol. The summed E-state index contributed by atoms with van der Waals surface area (Å²) in [6.45, 7) is 5.50. The topological polar surface area (TPSA) is 114 Å². The highest BCUT2D eigenvalue weighted by Gasteiger charge is 2.16. The summed E-state index contributed by atoms with van der Waals surface area (Å²) in [5, 5.41) is 11.7. The molecule has 0 saturated heterocycles. The van der Waals surface area contributed by atoms with Crippen molar-refractivity contribution in [2.45, 2.75) is 26.9 Å². The maximum absolute atomic E-state index is 12.0. The first-order valence-electron chi connectivity index (χ1n) is 6.46. The number of rotatable bonds is 7. The van der Waals surface area contributed by atoms with Gasteiger partial charge in [0.2, 0.25) is 10.0 Å². The lowest BCUT2D eigenvalue weighted by Gasteiger charge is -2.14. The number of hydrogen-bond acceptors (Lipinski definition) is 5. The monoisotopic (exact) mass is 315 g/mol. The van der Waals surface area contributed by atoms with Crippen LogP contribution in [0.5, 0.6) is 0 Å². The summed E-state index contributed by atoms with van der Waals surface area (Å²) in [5.74, 6) is -0.321. The van der Waals surface area contributed by atoms with Crippen LogP contribution in [0.3, 0.4) is 0 Å². The molecular formula is C13H21N3O4S. The molecule has 0 atom stereocenters. The van der Waals surface area contributed by atoms with Crippen LogP contribution in [0.1, 0.15) is 25.0 Å². The third-order valence-electron chi connectivity index (χ3n) is 2.71. The first kappa shape index (κ1) is 17.3. The van der Waals surface area contributed by atoms with Crippen molar-refractivity contribution in [3.63, 3.8) is 0 Å². The number of amidine groups is 1. The van der Waals surface area contributed by atoms with Crippen LogP contribution < -0.4 is 10.5 Å². The molecule has 0 unspecified atom stereocenters. The Morgan fingerprint density at radius 2 is 2.14 bits per heavy atom. The molecule has 0 heterocycles. The second-order valence-electron chi connectivity index (χ2n) is 4.82. The second kappa shape index (κ2) is 7.28. The van der Waals surface area contributed by atoms with E-state index in [0.29, 0.717) is 11.1 Å². The van der Waals surface area contributed by atoms with Crippen molar-refractivity contribution in [1.82, 2.24) is 0 Å². The zero-order valence-corrected chi connectivity index (χ0v) is 13.1. The van der Waals surface area contributed by atoms with Crippen LogP contribution in [0.4, 0.5) is 5.69 Å². The maximum Gasteiger partial charge on any atom is 0.235 e. The third-order valence-corrected chi connectivity index (χ3v) is 3.94. The van der Waals surface area contributed by atoms with Gasteiger partial charge in [-0.1, -0.05) is 17.3 Å². The van der Waals surface area contributed by atoms with Gasteiger partial charge in [-0.15, -0.1) is 0 Å². The van der Waals surface area contributed by atoms with Crippen molar-refractivity contribution >= 4 is 21.5 Å². The molecule has 0 amide bonds. The van der Waals surface area contributed by atoms with Crippen molar-refractivity contribution in [2.24, 2.45) is 10.9 Å². The second-order valence-corrected chi connectivity index (χ2v) is 6.67. The van der Waals surface area contributed by atoms with Crippen LogP contribution in [0, 0.1) is 6.92 Å². The Morgan fingerprint density at radius 3 is 2.71 bits per heavy atom. The lowest BCUT2D eigenvalue weighted by Crippen LogP contribution is -2.24. The summed E-state index contributed by atoms with van der Waals surface area (Å²) in [6, 6.07) is 4.99. The Balaban J connectivity index is 2.95.